The van der Waals surface area contributed by atoms with Gasteiger partial charge in [0, 0.05) is 6.07 Å². The summed E-state index contributed by atoms with van der Waals surface area (Å²) in [5, 5.41) is 11.7. The molecule has 0 spiro atoms. The Balaban J connectivity index is 1.65. The fourth-order valence-electron chi connectivity index (χ4n) is 3.11. The van der Waals surface area contributed by atoms with Crippen molar-refractivity contribution in [1.29, 1.82) is 0 Å². The first-order chi connectivity index (χ1) is 15.6. The van der Waals surface area contributed by atoms with E-state index in [2.05, 4.69) is 4.98 Å². The Hall–Kier alpha value is -3.98. The number of hydrogen-bond donors (Lipinski definition) is 0. The normalized spacial score (nSPS) is 10.7. The van der Waals surface area contributed by atoms with Crippen LogP contribution in [0.25, 0.3) is 10.2 Å². The highest BCUT2D eigenvalue weighted by atomic mass is 32.1. The second kappa shape index (κ2) is 9.44. The summed E-state index contributed by atoms with van der Waals surface area (Å²) in [6.45, 7) is 2.03. The van der Waals surface area contributed by atoms with E-state index < -0.39 is 17.4 Å². The molecule has 162 valence electrons. The molecule has 8 nitrogen and oxygen atoms in total. The van der Waals surface area contributed by atoms with Gasteiger partial charge in [-0.05, 0) is 49.4 Å². The summed E-state index contributed by atoms with van der Waals surface area (Å²) in [6, 6.07) is 20.6. The second-order valence-electron chi connectivity index (χ2n) is 6.63. The first-order valence-corrected chi connectivity index (χ1v) is 10.7. The molecule has 0 saturated heterocycles. The van der Waals surface area contributed by atoms with Gasteiger partial charge in [-0.2, -0.15) is 0 Å². The summed E-state index contributed by atoms with van der Waals surface area (Å²) in [6.07, 6.45) is 0. The molecule has 0 fully saturated rings. The van der Waals surface area contributed by atoms with Crippen LogP contribution in [0.4, 0.5) is 16.5 Å². The maximum atomic E-state index is 13.3. The van der Waals surface area contributed by atoms with Crippen molar-refractivity contribution < 1.29 is 19.2 Å². The number of carbonyl (C=O) groups is 1. The van der Waals surface area contributed by atoms with Crippen molar-refractivity contribution in [2.24, 2.45) is 0 Å². The third kappa shape index (κ3) is 4.52. The Labute approximate surface area is 187 Å². The van der Waals surface area contributed by atoms with Crippen LogP contribution in [0.15, 0.2) is 72.8 Å². The summed E-state index contributed by atoms with van der Waals surface area (Å²) >= 11 is 1.37. The van der Waals surface area contributed by atoms with Crippen molar-refractivity contribution in [3.8, 4) is 11.5 Å². The van der Waals surface area contributed by atoms with Crippen LogP contribution < -0.4 is 14.4 Å². The van der Waals surface area contributed by atoms with Crippen molar-refractivity contribution in [1.82, 2.24) is 4.98 Å². The number of nitro groups is 1. The molecule has 1 aromatic heterocycles. The number of hydrogen-bond acceptors (Lipinski definition) is 7. The molecular weight excluding hydrogens is 430 g/mol. The molecule has 0 N–H and O–H groups in total. The van der Waals surface area contributed by atoms with Crippen LogP contribution in [0, 0.1) is 10.1 Å². The lowest BCUT2D eigenvalue weighted by Crippen LogP contribution is -2.31. The average Bonchev–Trinajstić information content (AvgIpc) is 3.23. The van der Waals surface area contributed by atoms with Crippen molar-refractivity contribution in [2.75, 3.05) is 18.1 Å². The summed E-state index contributed by atoms with van der Waals surface area (Å²) in [5.41, 5.74) is 1.16. The number of benzene rings is 3. The molecule has 4 rings (SSSR count). The molecule has 0 unspecified atom stereocenters. The lowest BCUT2D eigenvalue weighted by Gasteiger charge is -2.20. The fourth-order valence-corrected chi connectivity index (χ4v) is 4.11. The van der Waals surface area contributed by atoms with Crippen molar-refractivity contribution in [2.45, 2.75) is 6.92 Å². The van der Waals surface area contributed by atoms with Crippen LogP contribution in [0.1, 0.15) is 6.92 Å². The van der Waals surface area contributed by atoms with Gasteiger partial charge in [-0.25, -0.2) is 4.98 Å². The molecule has 0 bridgehead atoms. The topological polar surface area (TPSA) is 94.8 Å². The number of anilines is 2. The molecule has 4 aromatic rings. The third-order valence-electron chi connectivity index (χ3n) is 4.54. The largest absolute Gasteiger partial charge is 0.494 e. The smallest absolute Gasteiger partial charge is 0.310 e. The van der Waals surface area contributed by atoms with Crippen molar-refractivity contribution in [3.05, 3.63) is 82.9 Å². The van der Waals surface area contributed by atoms with Gasteiger partial charge in [-0.15, -0.1) is 0 Å². The third-order valence-corrected chi connectivity index (χ3v) is 5.56. The highest BCUT2D eigenvalue weighted by Gasteiger charge is 2.24. The van der Waals surface area contributed by atoms with E-state index in [1.54, 1.807) is 36.4 Å². The average molecular weight is 449 g/mol. The number of fused-ring (bicyclic) bond motifs is 1. The molecule has 0 atom stereocenters. The van der Waals surface area contributed by atoms with Gasteiger partial charge in [0.1, 0.15) is 5.75 Å². The summed E-state index contributed by atoms with van der Waals surface area (Å²) < 4.78 is 12.0. The minimum atomic E-state index is -0.544. The molecule has 0 aliphatic heterocycles. The Bertz CT molecular complexity index is 1220. The first-order valence-electron chi connectivity index (χ1n) is 9.84. The van der Waals surface area contributed by atoms with Crippen LogP contribution in [0.5, 0.6) is 11.5 Å². The first kappa shape index (κ1) is 21.3. The van der Waals surface area contributed by atoms with Crippen LogP contribution in [-0.4, -0.2) is 29.0 Å². The Morgan fingerprint density at radius 3 is 2.47 bits per heavy atom. The van der Waals surface area contributed by atoms with E-state index in [0.29, 0.717) is 23.2 Å². The summed E-state index contributed by atoms with van der Waals surface area (Å²) in [4.78, 5) is 30.0. The predicted octanol–water partition coefficient (Wildman–Crippen LogP) is 5.35. The number of rotatable bonds is 8. The fraction of sp³-hybridized carbons (Fsp3) is 0.130. The van der Waals surface area contributed by atoms with E-state index >= 15 is 0 Å². The van der Waals surface area contributed by atoms with Gasteiger partial charge < -0.3 is 9.47 Å². The predicted molar refractivity (Wildman–Crippen MR) is 123 cm³/mol. The molecule has 32 heavy (non-hydrogen) atoms. The molecule has 1 heterocycles. The quantitative estimate of drug-likeness (QED) is 0.266. The summed E-state index contributed by atoms with van der Waals surface area (Å²) in [7, 11) is 0. The maximum absolute atomic E-state index is 13.3. The molecule has 1 amide bonds. The molecule has 0 radical (unpaired) electrons. The minimum Gasteiger partial charge on any atom is -0.494 e. The number of para-hydroxylation sites is 3. The van der Waals surface area contributed by atoms with Gasteiger partial charge in [0.2, 0.25) is 0 Å². The zero-order chi connectivity index (χ0) is 22.5. The van der Waals surface area contributed by atoms with Crippen LogP contribution in [0.2, 0.25) is 0 Å². The highest BCUT2D eigenvalue weighted by molar-refractivity contribution is 7.22. The van der Waals surface area contributed by atoms with E-state index in [-0.39, 0.29) is 11.4 Å². The lowest BCUT2D eigenvalue weighted by molar-refractivity contribution is -0.385. The Morgan fingerprint density at radius 1 is 1.03 bits per heavy atom. The molecule has 0 saturated carbocycles. The van der Waals surface area contributed by atoms with E-state index in [1.165, 1.54) is 28.4 Å². The number of carbonyl (C=O) groups excluding carboxylic acids is 1. The SMILES string of the molecule is CCOc1ccc(N(C(=O)COc2ccccc2[N+](=O)[O-])c2nc3ccccc3s2)cc1. The zero-order valence-electron chi connectivity index (χ0n) is 17.1. The van der Waals surface area contributed by atoms with Gasteiger partial charge in [0.25, 0.3) is 5.91 Å². The number of nitro benzene ring substituents is 1. The van der Waals surface area contributed by atoms with Crippen LogP contribution in [-0.2, 0) is 4.79 Å². The number of amides is 1. The molecule has 9 heteroatoms. The van der Waals surface area contributed by atoms with Gasteiger partial charge in [0.15, 0.2) is 17.5 Å². The summed E-state index contributed by atoms with van der Waals surface area (Å²) in [5.74, 6) is 0.303. The zero-order valence-corrected chi connectivity index (χ0v) is 18.0. The Kier molecular flexibility index (Phi) is 6.27. The number of thiazole rings is 1. The number of nitrogens with zero attached hydrogens (tertiary/aromatic N) is 3. The maximum Gasteiger partial charge on any atom is 0.310 e. The second-order valence-corrected chi connectivity index (χ2v) is 7.64. The van der Waals surface area contributed by atoms with Crippen LogP contribution in [0.3, 0.4) is 0 Å². The lowest BCUT2D eigenvalue weighted by atomic mass is 10.2. The standard InChI is InChI=1S/C23H19N3O5S/c1-2-30-17-13-11-16(12-14-17)25(23-24-18-7-3-6-10-21(18)32-23)22(27)15-31-20-9-5-4-8-19(20)26(28)29/h3-14H,2,15H2,1H3. The van der Waals surface area contributed by atoms with E-state index in [0.717, 1.165) is 10.2 Å². The van der Waals surface area contributed by atoms with E-state index in [4.69, 9.17) is 9.47 Å². The van der Waals surface area contributed by atoms with Crippen molar-refractivity contribution >= 4 is 44.0 Å². The van der Waals surface area contributed by atoms with Gasteiger partial charge in [0.05, 0.1) is 27.4 Å². The highest BCUT2D eigenvalue weighted by Crippen LogP contribution is 2.34. The molecule has 0 aliphatic rings. The number of aromatic nitrogens is 1. The van der Waals surface area contributed by atoms with Gasteiger partial charge >= 0.3 is 5.69 Å². The minimum absolute atomic E-state index is 0.0294. The monoisotopic (exact) mass is 449 g/mol. The number of ether oxygens (including phenoxy) is 2. The molecular formula is C23H19N3O5S. The molecule has 3 aromatic carbocycles. The van der Waals surface area contributed by atoms with Crippen LogP contribution >= 0.6 is 11.3 Å². The van der Waals surface area contributed by atoms with Gasteiger partial charge in [-0.3, -0.25) is 19.8 Å². The van der Waals surface area contributed by atoms with Crippen molar-refractivity contribution in [3.63, 3.8) is 0 Å². The molecule has 0 aliphatic carbocycles. The van der Waals surface area contributed by atoms with Gasteiger partial charge in [-0.1, -0.05) is 35.6 Å². The van der Waals surface area contributed by atoms with E-state index in [1.807, 2.05) is 31.2 Å². The van der Waals surface area contributed by atoms with E-state index in [9.17, 15) is 14.9 Å². The Morgan fingerprint density at radius 2 is 1.75 bits per heavy atom.